The molecule has 2 amide bonds. The first-order valence-electron chi connectivity index (χ1n) is 7.18. The Morgan fingerprint density at radius 3 is 2.60 bits per heavy atom. The zero-order valence-corrected chi connectivity index (χ0v) is 13.0. The van der Waals surface area contributed by atoms with Gasteiger partial charge in [0, 0.05) is 5.69 Å². The summed E-state index contributed by atoms with van der Waals surface area (Å²) in [6.07, 6.45) is 1.37. The summed E-state index contributed by atoms with van der Waals surface area (Å²) in [5.74, 6) is -1.29. The molecule has 0 aliphatic rings. The van der Waals surface area contributed by atoms with E-state index in [1.54, 1.807) is 24.3 Å². The molecule has 0 unspecified atom stereocenters. The summed E-state index contributed by atoms with van der Waals surface area (Å²) in [4.78, 5) is 22.9. The van der Waals surface area contributed by atoms with E-state index in [-0.39, 0.29) is 12.2 Å². The van der Waals surface area contributed by atoms with Gasteiger partial charge in [0.15, 0.2) is 6.61 Å². The van der Waals surface area contributed by atoms with Crippen LogP contribution in [0, 0.1) is 17.1 Å². The maximum Gasteiger partial charge on any atom is 0.266 e. The van der Waals surface area contributed by atoms with Gasteiger partial charge in [-0.05, 0) is 48.0 Å². The molecule has 2 aromatic carbocycles. The van der Waals surface area contributed by atoms with Crippen LogP contribution in [-0.4, -0.2) is 18.4 Å². The number of amides is 2. The summed E-state index contributed by atoms with van der Waals surface area (Å²) in [5, 5.41) is 11.7. The number of ether oxygens (including phenoxy) is 1. The Labute approximate surface area is 143 Å². The van der Waals surface area contributed by atoms with Crippen LogP contribution in [0.1, 0.15) is 5.56 Å². The molecule has 7 heteroatoms. The Bertz CT molecular complexity index is 855. The number of carbonyl (C=O) groups is 2. The van der Waals surface area contributed by atoms with Crippen molar-refractivity contribution in [3.8, 4) is 11.8 Å². The van der Waals surface area contributed by atoms with Crippen LogP contribution in [0.5, 0.6) is 5.75 Å². The van der Waals surface area contributed by atoms with Gasteiger partial charge in [-0.3, -0.25) is 9.59 Å². The molecule has 126 valence electrons. The lowest BCUT2D eigenvalue weighted by atomic mass is 10.1. The number of halogens is 1. The molecule has 2 rings (SSSR count). The highest BCUT2D eigenvalue weighted by Gasteiger charge is 2.10. The Morgan fingerprint density at radius 2 is 1.96 bits per heavy atom. The summed E-state index contributed by atoms with van der Waals surface area (Å²) < 4.78 is 18.0. The molecular formula is C18H14FN3O3. The number of benzene rings is 2. The van der Waals surface area contributed by atoms with Crippen molar-refractivity contribution in [2.45, 2.75) is 0 Å². The Balaban J connectivity index is 2.14. The van der Waals surface area contributed by atoms with Gasteiger partial charge >= 0.3 is 0 Å². The van der Waals surface area contributed by atoms with Gasteiger partial charge in [-0.15, -0.1) is 0 Å². The molecule has 0 aromatic heterocycles. The Kier molecular flexibility index (Phi) is 5.85. The van der Waals surface area contributed by atoms with Crippen LogP contribution in [0.15, 0.2) is 54.1 Å². The fourth-order valence-electron chi connectivity index (χ4n) is 1.90. The number of hydrogen-bond donors (Lipinski definition) is 2. The highest BCUT2D eigenvalue weighted by molar-refractivity contribution is 6.09. The van der Waals surface area contributed by atoms with Crippen molar-refractivity contribution in [3.05, 3.63) is 65.5 Å². The molecule has 0 heterocycles. The number of nitriles is 1. The average molecular weight is 339 g/mol. The zero-order valence-electron chi connectivity index (χ0n) is 13.0. The molecular weight excluding hydrogens is 325 g/mol. The van der Waals surface area contributed by atoms with E-state index in [4.69, 9.17) is 10.5 Å². The highest BCUT2D eigenvalue weighted by atomic mass is 19.1. The van der Waals surface area contributed by atoms with Crippen molar-refractivity contribution in [2.75, 3.05) is 11.9 Å². The van der Waals surface area contributed by atoms with Crippen molar-refractivity contribution in [2.24, 2.45) is 5.73 Å². The number of nitrogens with two attached hydrogens (primary N) is 1. The second-order valence-electron chi connectivity index (χ2n) is 4.96. The van der Waals surface area contributed by atoms with Crippen LogP contribution >= 0.6 is 0 Å². The molecule has 0 bridgehead atoms. The minimum atomic E-state index is -0.627. The minimum absolute atomic E-state index is 0.142. The van der Waals surface area contributed by atoms with Crippen molar-refractivity contribution in [1.29, 1.82) is 5.26 Å². The van der Waals surface area contributed by atoms with Gasteiger partial charge in [-0.25, -0.2) is 4.39 Å². The van der Waals surface area contributed by atoms with Crippen LogP contribution in [0.4, 0.5) is 10.1 Å². The lowest BCUT2D eigenvalue weighted by molar-refractivity contribution is -0.120. The van der Waals surface area contributed by atoms with Gasteiger partial charge in [0.05, 0.1) is 0 Å². The standard InChI is InChI=1S/C18H14FN3O3/c19-14-4-6-15(7-5-14)22-18(24)13(10-20)8-12-2-1-3-16(9-12)25-11-17(21)23/h1-9H,11H2,(H2,21,23)(H,22,24)/b13-8-. The monoisotopic (exact) mass is 339 g/mol. The Hall–Kier alpha value is -3.66. The Morgan fingerprint density at radius 1 is 1.24 bits per heavy atom. The molecule has 0 saturated heterocycles. The minimum Gasteiger partial charge on any atom is -0.484 e. The number of nitrogens with one attached hydrogen (secondary N) is 1. The van der Waals surface area contributed by atoms with Crippen LogP contribution in [-0.2, 0) is 9.59 Å². The summed E-state index contributed by atoms with van der Waals surface area (Å²) in [6.45, 7) is -0.274. The van der Waals surface area contributed by atoms with Gasteiger partial charge < -0.3 is 15.8 Å². The zero-order chi connectivity index (χ0) is 18.2. The first-order chi connectivity index (χ1) is 12.0. The fourth-order valence-corrected chi connectivity index (χ4v) is 1.90. The summed E-state index contributed by atoms with van der Waals surface area (Å²) in [6, 6.07) is 13.5. The quantitative estimate of drug-likeness (QED) is 0.622. The van der Waals surface area contributed by atoms with E-state index in [2.05, 4.69) is 5.32 Å². The van der Waals surface area contributed by atoms with E-state index in [1.165, 1.54) is 30.3 Å². The fraction of sp³-hybridized carbons (Fsp3) is 0.0556. The third-order valence-electron chi connectivity index (χ3n) is 3.02. The van der Waals surface area contributed by atoms with E-state index in [9.17, 15) is 19.2 Å². The van der Waals surface area contributed by atoms with Crippen LogP contribution in [0.2, 0.25) is 0 Å². The topological polar surface area (TPSA) is 105 Å². The lowest BCUT2D eigenvalue weighted by Gasteiger charge is -2.06. The molecule has 0 spiro atoms. The molecule has 0 aliphatic carbocycles. The molecule has 0 fully saturated rings. The number of primary amides is 1. The van der Waals surface area contributed by atoms with Crippen LogP contribution in [0.3, 0.4) is 0 Å². The maximum atomic E-state index is 12.9. The molecule has 2 aromatic rings. The third kappa shape index (κ3) is 5.48. The van der Waals surface area contributed by atoms with Gasteiger partial charge in [0.1, 0.15) is 23.2 Å². The normalized spacial score (nSPS) is 10.6. The third-order valence-corrected chi connectivity index (χ3v) is 3.02. The van der Waals surface area contributed by atoms with Crippen LogP contribution in [0.25, 0.3) is 6.08 Å². The van der Waals surface area contributed by atoms with E-state index < -0.39 is 17.6 Å². The number of carbonyl (C=O) groups excluding carboxylic acids is 2. The summed E-state index contributed by atoms with van der Waals surface area (Å²) in [5.41, 5.74) is 5.77. The van der Waals surface area contributed by atoms with Gasteiger partial charge in [0.2, 0.25) is 0 Å². The van der Waals surface area contributed by atoms with E-state index in [0.717, 1.165) is 0 Å². The lowest BCUT2D eigenvalue weighted by Crippen LogP contribution is -2.20. The average Bonchev–Trinajstić information content (AvgIpc) is 2.60. The van der Waals surface area contributed by atoms with Gasteiger partial charge in [-0.1, -0.05) is 12.1 Å². The van der Waals surface area contributed by atoms with E-state index in [1.807, 2.05) is 6.07 Å². The molecule has 6 nitrogen and oxygen atoms in total. The van der Waals surface area contributed by atoms with Crippen molar-refractivity contribution in [1.82, 2.24) is 0 Å². The molecule has 0 aliphatic heterocycles. The molecule has 3 N–H and O–H groups in total. The summed E-state index contributed by atoms with van der Waals surface area (Å²) >= 11 is 0. The second-order valence-corrected chi connectivity index (χ2v) is 4.96. The molecule has 25 heavy (non-hydrogen) atoms. The van der Waals surface area contributed by atoms with Crippen molar-refractivity contribution >= 4 is 23.6 Å². The largest absolute Gasteiger partial charge is 0.484 e. The highest BCUT2D eigenvalue weighted by Crippen LogP contribution is 2.17. The van der Waals surface area contributed by atoms with Gasteiger partial charge in [-0.2, -0.15) is 5.26 Å². The molecule has 0 radical (unpaired) electrons. The number of nitrogens with zero attached hydrogens (tertiary/aromatic N) is 1. The smallest absolute Gasteiger partial charge is 0.266 e. The van der Waals surface area contributed by atoms with Crippen molar-refractivity contribution < 1.29 is 18.7 Å². The van der Waals surface area contributed by atoms with Crippen LogP contribution < -0.4 is 15.8 Å². The predicted octanol–water partition coefficient (Wildman–Crippen LogP) is 2.24. The maximum absolute atomic E-state index is 12.9. The number of rotatable bonds is 6. The predicted molar refractivity (Wildman–Crippen MR) is 89.8 cm³/mol. The first-order valence-corrected chi connectivity index (χ1v) is 7.18. The van der Waals surface area contributed by atoms with E-state index >= 15 is 0 Å². The van der Waals surface area contributed by atoms with E-state index in [0.29, 0.717) is 17.0 Å². The first kappa shape index (κ1) is 17.7. The molecule has 0 atom stereocenters. The second kappa shape index (κ2) is 8.26. The molecule has 0 saturated carbocycles. The SMILES string of the molecule is N#C/C(=C/c1cccc(OCC(N)=O)c1)C(=O)Nc1ccc(F)cc1. The van der Waals surface area contributed by atoms with Gasteiger partial charge in [0.25, 0.3) is 11.8 Å². The number of hydrogen-bond acceptors (Lipinski definition) is 4. The summed E-state index contributed by atoms with van der Waals surface area (Å²) in [7, 11) is 0. The van der Waals surface area contributed by atoms with Crippen molar-refractivity contribution in [3.63, 3.8) is 0 Å². The number of anilines is 1.